The number of pyridine rings is 2. The molecule has 7 rings (SSSR count). The first-order valence-corrected chi connectivity index (χ1v) is 10.9. The molecule has 0 radical (unpaired) electrons. The van der Waals surface area contributed by atoms with E-state index >= 15 is 0 Å². The summed E-state index contributed by atoms with van der Waals surface area (Å²) in [5.74, 6) is 0.697. The molecule has 6 aromatic rings. The molecule has 0 aliphatic carbocycles. The fraction of sp³-hybridized carbons (Fsp3) is 0.0769. The van der Waals surface area contributed by atoms with Gasteiger partial charge in [-0.2, -0.15) is 5.10 Å². The molecule has 4 aromatic heterocycles. The fourth-order valence-corrected chi connectivity index (χ4v) is 4.57. The van der Waals surface area contributed by atoms with Gasteiger partial charge in [0.05, 0.1) is 5.52 Å². The normalized spacial score (nSPS) is 13.1. The Labute approximate surface area is 189 Å². The van der Waals surface area contributed by atoms with Crippen LogP contribution in [0.5, 0.6) is 0 Å². The topological polar surface area (TPSA) is 95.2 Å². The van der Waals surface area contributed by atoms with Crippen LogP contribution in [-0.2, 0) is 13.1 Å². The molecule has 0 saturated heterocycles. The van der Waals surface area contributed by atoms with Crippen LogP contribution in [0.25, 0.3) is 55.8 Å². The van der Waals surface area contributed by atoms with E-state index in [1.807, 2.05) is 24.7 Å². The Morgan fingerprint density at radius 3 is 2.76 bits per heavy atom. The van der Waals surface area contributed by atoms with Gasteiger partial charge in [0.1, 0.15) is 11.2 Å². The molecule has 0 spiro atoms. The Hall–Kier alpha value is -4.36. The molecule has 0 amide bonds. The van der Waals surface area contributed by atoms with Gasteiger partial charge in [-0.25, -0.2) is 9.97 Å². The number of fused-ring (bicyclic) bond motifs is 9. The summed E-state index contributed by atoms with van der Waals surface area (Å²) in [4.78, 5) is 17.3. The summed E-state index contributed by atoms with van der Waals surface area (Å²) in [6.45, 7) is 1.51. The summed E-state index contributed by atoms with van der Waals surface area (Å²) in [7, 11) is 0. The van der Waals surface area contributed by atoms with E-state index in [4.69, 9.17) is 4.98 Å². The molecule has 33 heavy (non-hydrogen) atoms. The van der Waals surface area contributed by atoms with Crippen molar-refractivity contribution in [2.75, 3.05) is 0 Å². The highest BCUT2D eigenvalue weighted by Gasteiger charge is 2.17. The van der Waals surface area contributed by atoms with Gasteiger partial charge in [0.15, 0.2) is 11.5 Å². The number of nitrogens with one attached hydrogen (secondary N) is 3. The fourth-order valence-electron chi connectivity index (χ4n) is 4.57. The van der Waals surface area contributed by atoms with Gasteiger partial charge >= 0.3 is 0 Å². The van der Waals surface area contributed by atoms with Crippen LogP contribution < -0.4 is 5.32 Å². The number of hydrogen-bond donors (Lipinski definition) is 3. The summed E-state index contributed by atoms with van der Waals surface area (Å²) in [5.41, 5.74) is 9.99. The highest BCUT2D eigenvalue weighted by Crippen LogP contribution is 2.33. The zero-order valence-corrected chi connectivity index (χ0v) is 17.6. The van der Waals surface area contributed by atoms with Crippen LogP contribution in [0.15, 0.2) is 73.2 Å². The number of benzene rings is 2. The van der Waals surface area contributed by atoms with Crippen molar-refractivity contribution >= 4 is 22.1 Å². The second-order valence-corrected chi connectivity index (χ2v) is 8.36. The molecule has 2 aromatic carbocycles. The van der Waals surface area contributed by atoms with Crippen LogP contribution >= 0.6 is 0 Å². The maximum Gasteiger partial charge on any atom is 0.160 e. The Bertz CT molecular complexity index is 1660. The average Bonchev–Trinajstić information content (AvgIpc) is 3.47. The van der Waals surface area contributed by atoms with Crippen molar-refractivity contribution in [2.24, 2.45) is 0 Å². The Kier molecular flexibility index (Phi) is 3.91. The lowest BCUT2D eigenvalue weighted by Crippen LogP contribution is -2.13. The molecule has 0 unspecified atom stereocenters. The smallest absolute Gasteiger partial charge is 0.160 e. The molecule has 7 heteroatoms. The van der Waals surface area contributed by atoms with E-state index in [1.165, 1.54) is 5.56 Å². The number of rotatable bonds is 0. The number of imidazole rings is 1. The van der Waals surface area contributed by atoms with Crippen molar-refractivity contribution in [1.82, 2.24) is 35.5 Å². The number of aromatic amines is 2. The maximum atomic E-state index is 4.94. The van der Waals surface area contributed by atoms with Crippen molar-refractivity contribution in [3.8, 4) is 33.8 Å². The van der Waals surface area contributed by atoms with Gasteiger partial charge in [0.25, 0.3) is 0 Å². The molecular weight excluding hydrogens is 410 g/mol. The quantitative estimate of drug-likeness (QED) is 0.321. The standard InChI is InChI=1S/C26H19N7/c1-2-15-8-18(3-1)20-6-7-29-25-23(20)30-26(31-25)24-21-10-17(4-5-22(21)32-33-24)19-9-16(12-27-11-15)13-28-14-19/h1-10,13-14,27H,11-12H2,(H,32,33)(H,29,30,31). The van der Waals surface area contributed by atoms with Gasteiger partial charge in [-0.3, -0.25) is 10.1 Å². The predicted molar refractivity (Wildman–Crippen MR) is 128 cm³/mol. The minimum Gasteiger partial charge on any atom is -0.321 e. The molecule has 5 heterocycles. The maximum absolute atomic E-state index is 4.94. The second-order valence-electron chi connectivity index (χ2n) is 8.36. The third-order valence-corrected chi connectivity index (χ3v) is 6.20. The zero-order chi connectivity index (χ0) is 21.8. The molecular formula is C26H19N7. The van der Waals surface area contributed by atoms with Crippen molar-refractivity contribution in [3.63, 3.8) is 0 Å². The largest absolute Gasteiger partial charge is 0.321 e. The first kappa shape index (κ1) is 18.2. The van der Waals surface area contributed by atoms with Crippen molar-refractivity contribution in [2.45, 2.75) is 13.1 Å². The zero-order valence-electron chi connectivity index (χ0n) is 17.6. The van der Waals surface area contributed by atoms with Crippen LogP contribution in [0.2, 0.25) is 0 Å². The summed E-state index contributed by atoms with van der Waals surface area (Å²) >= 11 is 0. The molecule has 0 atom stereocenters. The van der Waals surface area contributed by atoms with E-state index in [1.54, 1.807) is 0 Å². The minimum atomic E-state index is 0.697. The van der Waals surface area contributed by atoms with Crippen LogP contribution in [-0.4, -0.2) is 30.1 Å². The minimum absolute atomic E-state index is 0.697. The van der Waals surface area contributed by atoms with Crippen LogP contribution in [0.3, 0.4) is 0 Å². The molecule has 0 fully saturated rings. The molecule has 1 aliphatic heterocycles. The van der Waals surface area contributed by atoms with Crippen molar-refractivity contribution < 1.29 is 0 Å². The molecule has 1 aliphatic rings. The Balaban J connectivity index is 1.51. The summed E-state index contributed by atoms with van der Waals surface area (Å²) in [6, 6.07) is 19.0. The van der Waals surface area contributed by atoms with Gasteiger partial charge < -0.3 is 10.3 Å². The van der Waals surface area contributed by atoms with E-state index < -0.39 is 0 Å². The van der Waals surface area contributed by atoms with Gasteiger partial charge in [0.2, 0.25) is 0 Å². The van der Waals surface area contributed by atoms with Gasteiger partial charge in [-0.1, -0.05) is 24.3 Å². The SMILES string of the molecule is c1cc2cc(c1)-c1ccnc3[nH]c(nc13)-c1n[nH]c3ccc(cc13)-c1cncc(c1)CNC2. The average molecular weight is 429 g/mol. The lowest BCUT2D eigenvalue weighted by atomic mass is 10.0. The van der Waals surface area contributed by atoms with Crippen molar-refractivity contribution in [3.05, 3.63) is 84.3 Å². The number of aromatic nitrogens is 6. The summed E-state index contributed by atoms with van der Waals surface area (Å²) < 4.78 is 0. The third kappa shape index (κ3) is 3.01. The molecule has 7 nitrogen and oxygen atoms in total. The second kappa shape index (κ2) is 7.08. The monoisotopic (exact) mass is 429 g/mol. The molecule has 0 saturated carbocycles. The highest BCUT2D eigenvalue weighted by atomic mass is 15.1. The highest BCUT2D eigenvalue weighted by molar-refractivity contribution is 5.97. The van der Waals surface area contributed by atoms with Crippen LogP contribution in [0.4, 0.5) is 0 Å². The Morgan fingerprint density at radius 2 is 1.76 bits per heavy atom. The predicted octanol–water partition coefficient (Wildman–Crippen LogP) is 4.83. The first-order chi connectivity index (χ1) is 16.3. The van der Waals surface area contributed by atoms with E-state index in [0.717, 1.165) is 68.7 Å². The molecule has 8 bridgehead atoms. The lowest BCUT2D eigenvalue weighted by Gasteiger charge is -2.09. The number of hydrogen-bond acceptors (Lipinski definition) is 5. The van der Waals surface area contributed by atoms with E-state index in [-0.39, 0.29) is 0 Å². The van der Waals surface area contributed by atoms with E-state index in [9.17, 15) is 0 Å². The van der Waals surface area contributed by atoms with E-state index in [0.29, 0.717) is 5.82 Å². The Morgan fingerprint density at radius 1 is 0.818 bits per heavy atom. The molecule has 3 N–H and O–H groups in total. The van der Waals surface area contributed by atoms with Crippen LogP contribution in [0.1, 0.15) is 11.1 Å². The van der Waals surface area contributed by atoms with Gasteiger partial charge in [-0.05, 0) is 52.6 Å². The summed E-state index contributed by atoms with van der Waals surface area (Å²) in [6.07, 6.45) is 5.64. The third-order valence-electron chi connectivity index (χ3n) is 6.20. The van der Waals surface area contributed by atoms with Gasteiger partial charge in [-0.15, -0.1) is 0 Å². The van der Waals surface area contributed by atoms with Crippen molar-refractivity contribution in [1.29, 1.82) is 0 Å². The summed E-state index contributed by atoms with van der Waals surface area (Å²) in [5, 5.41) is 12.3. The van der Waals surface area contributed by atoms with E-state index in [2.05, 4.69) is 79.0 Å². The molecule has 158 valence electrons. The number of H-pyrrole nitrogens is 2. The first-order valence-electron chi connectivity index (χ1n) is 10.9. The van der Waals surface area contributed by atoms with Gasteiger partial charge in [0, 0.05) is 48.2 Å². The number of nitrogens with zero attached hydrogens (tertiary/aromatic N) is 4. The van der Waals surface area contributed by atoms with Crippen LogP contribution in [0, 0.1) is 0 Å². The lowest BCUT2D eigenvalue weighted by molar-refractivity contribution is 0.692.